The molecule has 0 radical (unpaired) electrons. The van der Waals surface area contributed by atoms with Gasteiger partial charge in [0.2, 0.25) is 6.10 Å². The molecule has 1 heterocycles. The number of hydrogen-bond donors (Lipinski definition) is 1. The van der Waals surface area contributed by atoms with Gasteiger partial charge in [0.05, 0.1) is 5.69 Å². The minimum atomic E-state index is -1.04. The van der Waals surface area contributed by atoms with Crippen LogP contribution in [0.5, 0.6) is 5.75 Å². The highest BCUT2D eigenvalue weighted by Gasteiger charge is 2.22. The standard InChI is InChI=1S/C18H15NO3/c20-18(21)17(14-8-2-1-3-9-14)22-16-11-5-4-10-15(16)19-12-6-7-13-19/h1-13,17H,(H,20,21). The number of benzene rings is 2. The zero-order valence-corrected chi connectivity index (χ0v) is 11.8. The molecule has 22 heavy (non-hydrogen) atoms. The Bertz CT molecular complexity index is 751. The average molecular weight is 293 g/mol. The van der Waals surface area contributed by atoms with Crippen molar-refractivity contribution in [1.29, 1.82) is 0 Å². The van der Waals surface area contributed by atoms with E-state index < -0.39 is 12.1 Å². The SMILES string of the molecule is O=C(O)C(Oc1ccccc1-n1cccc1)c1ccccc1. The Hall–Kier alpha value is -3.01. The summed E-state index contributed by atoms with van der Waals surface area (Å²) in [6.45, 7) is 0. The van der Waals surface area contributed by atoms with Crippen molar-refractivity contribution in [3.63, 3.8) is 0 Å². The van der Waals surface area contributed by atoms with Crippen LogP contribution in [-0.2, 0) is 4.79 Å². The van der Waals surface area contributed by atoms with Gasteiger partial charge in [-0.1, -0.05) is 42.5 Å². The van der Waals surface area contributed by atoms with Crippen molar-refractivity contribution in [3.05, 3.63) is 84.7 Å². The fraction of sp³-hybridized carbons (Fsp3) is 0.0556. The quantitative estimate of drug-likeness (QED) is 0.780. The molecule has 0 saturated heterocycles. The van der Waals surface area contributed by atoms with E-state index in [2.05, 4.69) is 0 Å². The van der Waals surface area contributed by atoms with Crippen molar-refractivity contribution >= 4 is 5.97 Å². The number of para-hydroxylation sites is 2. The fourth-order valence-corrected chi connectivity index (χ4v) is 2.28. The summed E-state index contributed by atoms with van der Waals surface area (Å²) < 4.78 is 7.68. The summed E-state index contributed by atoms with van der Waals surface area (Å²) in [5.41, 5.74) is 1.41. The average Bonchev–Trinajstić information content (AvgIpc) is 3.08. The van der Waals surface area contributed by atoms with Crippen LogP contribution in [0.15, 0.2) is 79.1 Å². The predicted octanol–water partition coefficient (Wildman–Crippen LogP) is 3.68. The minimum absolute atomic E-state index is 0.523. The summed E-state index contributed by atoms with van der Waals surface area (Å²) in [7, 11) is 0. The van der Waals surface area contributed by atoms with Crippen molar-refractivity contribution in [3.8, 4) is 11.4 Å². The Morgan fingerprint density at radius 1 is 0.909 bits per heavy atom. The Morgan fingerprint density at radius 2 is 1.55 bits per heavy atom. The van der Waals surface area contributed by atoms with Crippen LogP contribution in [0.1, 0.15) is 11.7 Å². The summed E-state index contributed by atoms with van der Waals surface area (Å²) >= 11 is 0. The molecular formula is C18H15NO3. The molecule has 1 unspecified atom stereocenters. The first kappa shape index (κ1) is 13.9. The van der Waals surface area contributed by atoms with Gasteiger partial charge in [0.15, 0.2) is 0 Å². The Labute approximate surface area is 128 Å². The Balaban J connectivity index is 1.96. The topological polar surface area (TPSA) is 51.5 Å². The van der Waals surface area contributed by atoms with E-state index in [1.165, 1.54) is 0 Å². The number of rotatable bonds is 5. The number of hydrogen-bond acceptors (Lipinski definition) is 2. The number of aliphatic carboxylic acids is 1. The van der Waals surface area contributed by atoms with E-state index in [0.717, 1.165) is 5.69 Å². The van der Waals surface area contributed by atoms with E-state index in [9.17, 15) is 9.90 Å². The van der Waals surface area contributed by atoms with Crippen LogP contribution in [-0.4, -0.2) is 15.6 Å². The van der Waals surface area contributed by atoms with Gasteiger partial charge in [-0.2, -0.15) is 0 Å². The van der Waals surface area contributed by atoms with Gasteiger partial charge in [-0.3, -0.25) is 0 Å². The van der Waals surface area contributed by atoms with Crippen LogP contribution in [0.4, 0.5) is 0 Å². The van der Waals surface area contributed by atoms with E-state index in [0.29, 0.717) is 11.3 Å². The molecule has 0 fully saturated rings. The van der Waals surface area contributed by atoms with Crippen LogP contribution >= 0.6 is 0 Å². The van der Waals surface area contributed by atoms with Crippen molar-refractivity contribution in [2.75, 3.05) is 0 Å². The fourth-order valence-electron chi connectivity index (χ4n) is 2.28. The number of carboxylic acid groups (broad SMARTS) is 1. The molecule has 1 N–H and O–H groups in total. The molecule has 0 aliphatic rings. The molecule has 4 heteroatoms. The summed E-state index contributed by atoms with van der Waals surface area (Å²) in [5, 5.41) is 9.48. The maximum absolute atomic E-state index is 11.6. The van der Waals surface area contributed by atoms with Crippen LogP contribution in [0.25, 0.3) is 5.69 Å². The first-order valence-electron chi connectivity index (χ1n) is 6.92. The van der Waals surface area contributed by atoms with Crippen molar-refractivity contribution < 1.29 is 14.6 Å². The second-order valence-corrected chi connectivity index (χ2v) is 4.80. The highest BCUT2D eigenvalue weighted by molar-refractivity contribution is 5.75. The molecule has 2 aromatic carbocycles. The lowest BCUT2D eigenvalue weighted by molar-refractivity contribution is -0.145. The molecule has 0 aliphatic carbocycles. The maximum atomic E-state index is 11.6. The molecule has 0 spiro atoms. The zero-order chi connectivity index (χ0) is 15.4. The first-order chi connectivity index (χ1) is 10.8. The molecule has 110 valence electrons. The molecule has 3 rings (SSSR count). The molecule has 0 saturated carbocycles. The van der Waals surface area contributed by atoms with Gasteiger partial charge in [0.25, 0.3) is 0 Å². The summed E-state index contributed by atoms with van der Waals surface area (Å²) in [6, 6.07) is 20.1. The van der Waals surface area contributed by atoms with Gasteiger partial charge in [-0.25, -0.2) is 4.79 Å². The normalized spacial score (nSPS) is 11.8. The third kappa shape index (κ3) is 2.86. The number of carboxylic acids is 1. The second-order valence-electron chi connectivity index (χ2n) is 4.80. The largest absolute Gasteiger partial charge is 0.478 e. The lowest BCUT2D eigenvalue weighted by Crippen LogP contribution is -2.18. The van der Waals surface area contributed by atoms with Gasteiger partial charge < -0.3 is 14.4 Å². The monoisotopic (exact) mass is 293 g/mol. The maximum Gasteiger partial charge on any atom is 0.349 e. The predicted molar refractivity (Wildman–Crippen MR) is 83.2 cm³/mol. The van der Waals surface area contributed by atoms with Gasteiger partial charge in [-0.15, -0.1) is 0 Å². The molecular weight excluding hydrogens is 278 g/mol. The number of ether oxygens (including phenoxy) is 1. The number of nitrogens with zero attached hydrogens (tertiary/aromatic N) is 1. The zero-order valence-electron chi connectivity index (χ0n) is 11.8. The van der Waals surface area contributed by atoms with Crippen molar-refractivity contribution in [2.24, 2.45) is 0 Å². The van der Waals surface area contributed by atoms with E-state index in [-0.39, 0.29) is 0 Å². The van der Waals surface area contributed by atoms with Gasteiger partial charge >= 0.3 is 5.97 Å². The van der Waals surface area contributed by atoms with E-state index in [1.54, 1.807) is 30.3 Å². The Morgan fingerprint density at radius 3 is 2.23 bits per heavy atom. The minimum Gasteiger partial charge on any atom is -0.478 e. The first-order valence-corrected chi connectivity index (χ1v) is 6.92. The van der Waals surface area contributed by atoms with Gasteiger partial charge in [0, 0.05) is 18.0 Å². The van der Waals surface area contributed by atoms with Crippen LogP contribution in [0.2, 0.25) is 0 Å². The van der Waals surface area contributed by atoms with Crippen LogP contribution in [0, 0.1) is 0 Å². The van der Waals surface area contributed by atoms with Gasteiger partial charge in [-0.05, 0) is 24.3 Å². The summed E-state index contributed by atoms with van der Waals surface area (Å²) in [5.74, 6) is -0.497. The molecule has 4 nitrogen and oxygen atoms in total. The highest BCUT2D eigenvalue weighted by Crippen LogP contribution is 2.28. The van der Waals surface area contributed by atoms with E-state index in [4.69, 9.17) is 4.74 Å². The number of aromatic nitrogens is 1. The molecule has 0 aliphatic heterocycles. The van der Waals surface area contributed by atoms with E-state index >= 15 is 0 Å². The van der Waals surface area contributed by atoms with Crippen LogP contribution < -0.4 is 4.74 Å². The molecule has 0 amide bonds. The van der Waals surface area contributed by atoms with Crippen molar-refractivity contribution in [1.82, 2.24) is 4.57 Å². The molecule has 3 aromatic rings. The summed E-state index contributed by atoms with van der Waals surface area (Å²) in [6.07, 6.45) is 2.74. The molecule has 1 aromatic heterocycles. The Kier molecular flexibility index (Phi) is 3.92. The van der Waals surface area contributed by atoms with Gasteiger partial charge in [0.1, 0.15) is 5.75 Å². The van der Waals surface area contributed by atoms with Crippen molar-refractivity contribution in [2.45, 2.75) is 6.10 Å². The molecule has 0 bridgehead atoms. The smallest absolute Gasteiger partial charge is 0.349 e. The highest BCUT2D eigenvalue weighted by atomic mass is 16.5. The second kappa shape index (κ2) is 6.18. The lowest BCUT2D eigenvalue weighted by atomic mass is 10.1. The third-order valence-electron chi connectivity index (χ3n) is 3.32. The van der Waals surface area contributed by atoms with E-state index in [1.807, 2.05) is 53.4 Å². The lowest BCUT2D eigenvalue weighted by Gasteiger charge is -2.18. The van der Waals surface area contributed by atoms with Crippen LogP contribution in [0.3, 0.4) is 0 Å². The molecule has 1 atom stereocenters. The summed E-state index contributed by atoms with van der Waals surface area (Å²) in [4.78, 5) is 11.6. The number of carbonyl (C=O) groups is 1. The third-order valence-corrected chi connectivity index (χ3v) is 3.32.